The molecule has 1 aromatic heterocycles. The van der Waals surface area contributed by atoms with E-state index in [0.717, 1.165) is 43.0 Å². The fourth-order valence-corrected chi connectivity index (χ4v) is 7.57. The minimum atomic E-state index is -0.407. The molecule has 3 aliphatic rings. The van der Waals surface area contributed by atoms with E-state index >= 15 is 0 Å². The number of nitrogens with one attached hydrogen (secondary N) is 4. The van der Waals surface area contributed by atoms with E-state index in [0.29, 0.717) is 90.8 Å². The molecule has 0 radical (unpaired) electrons. The molecule has 0 saturated carbocycles. The molecule has 3 aliphatic heterocycles. The number of carbonyl (C=O) groups is 4. The van der Waals surface area contributed by atoms with Crippen molar-refractivity contribution in [1.82, 2.24) is 20.2 Å². The summed E-state index contributed by atoms with van der Waals surface area (Å²) in [6.45, 7) is 6.01. The summed E-state index contributed by atoms with van der Waals surface area (Å²) in [6, 6.07) is 20.7. The van der Waals surface area contributed by atoms with Crippen LogP contribution in [-0.4, -0.2) is 90.8 Å². The molecule has 3 fully saturated rings. The van der Waals surface area contributed by atoms with Crippen molar-refractivity contribution < 1.29 is 23.9 Å². The van der Waals surface area contributed by atoms with Crippen LogP contribution in [0, 0.1) is 5.92 Å². The van der Waals surface area contributed by atoms with E-state index in [-0.39, 0.29) is 23.5 Å². The van der Waals surface area contributed by atoms with Crippen LogP contribution in [0.4, 0.5) is 40.2 Å². The molecule has 4 aromatic rings. The van der Waals surface area contributed by atoms with Crippen LogP contribution >= 0.6 is 11.6 Å². The Kier molecular flexibility index (Phi) is 11.8. The van der Waals surface area contributed by atoms with Gasteiger partial charge in [-0.1, -0.05) is 23.7 Å². The number of carbonyl (C=O) groups excluding carboxylic acids is 4. The number of hydrogen-bond acceptors (Lipinski definition) is 12. The Bertz CT molecular complexity index is 2080. The highest BCUT2D eigenvalue weighted by Crippen LogP contribution is 2.34. The molecule has 0 spiro atoms. The van der Waals surface area contributed by atoms with Crippen LogP contribution in [-0.2, 0) is 14.4 Å². The second-order valence-corrected chi connectivity index (χ2v) is 14.7. The number of para-hydroxylation sites is 1. The Balaban J connectivity index is 0.876. The maximum Gasteiger partial charge on any atom is 0.249 e. The molecule has 292 valence electrons. The van der Waals surface area contributed by atoms with Gasteiger partial charge in [-0.15, -0.1) is 0 Å². The van der Waals surface area contributed by atoms with E-state index in [1.165, 1.54) is 13.1 Å². The quantitative estimate of drug-likeness (QED) is 0.0983. The molecule has 3 amide bonds. The van der Waals surface area contributed by atoms with Crippen LogP contribution in [0.1, 0.15) is 49.4 Å². The summed E-state index contributed by atoms with van der Waals surface area (Å²) in [7, 11) is 1.61. The lowest BCUT2D eigenvalue weighted by molar-refractivity contribution is -0.134. The fraction of sp³-hybridized carbons (Fsp3) is 0.366. The van der Waals surface area contributed by atoms with Gasteiger partial charge in [-0.05, 0) is 80.6 Å². The molecule has 14 nitrogen and oxygen atoms in total. The number of piperazine rings is 1. The van der Waals surface area contributed by atoms with Gasteiger partial charge in [0.1, 0.15) is 16.8 Å². The van der Waals surface area contributed by atoms with E-state index in [2.05, 4.69) is 53.2 Å². The summed E-state index contributed by atoms with van der Waals surface area (Å²) in [5, 5.41) is 12.3. The number of piperidine rings is 2. The monoisotopic (exact) mass is 779 g/mol. The summed E-state index contributed by atoms with van der Waals surface area (Å²) in [6.07, 6.45) is 4.79. The van der Waals surface area contributed by atoms with Gasteiger partial charge in [0.15, 0.2) is 11.6 Å². The minimum absolute atomic E-state index is 0.0768. The number of methoxy groups -OCH3 is 1. The molecule has 1 unspecified atom stereocenters. The number of imide groups is 1. The van der Waals surface area contributed by atoms with Gasteiger partial charge in [-0.3, -0.25) is 24.5 Å². The first-order valence-corrected chi connectivity index (χ1v) is 19.3. The second kappa shape index (κ2) is 17.3. The van der Waals surface area contributed by atoms with Gasteiger partial charge < -0.3 is 35.4 Å². The molecule has 56 heavy (non-hydrogen) atoms. The number of benzene rings is 3. The molecule has 4 N–H and O–H groups in total. The van der Waals surface area contributed by atoms with Gasteiger partial charge in [0.25, 0.3) is 0 Å². The predicted molar refractivity (Wildman–Crippen MR) is 218 cm³/mol. The Hall–Kier alpha value is -5.89. The van der Waals surface area contributed by atoms with Gasteiger partial charge >= 0.3 is 0 Å². The summed E-state index contributed by atoms with van der Waals surface area (Å²) < 4.78 is 5.74. The SMILES string of the molecule is COc1cc(N2CCN(C(=O)CC3CCN(c4ccc(NC5CCC(=O)NC5=O)cc4)CC3)CC2)ccc1Nc1ncc(Cl)c(Nc2ccccc2C(C)=O)n1. The van der Waals surface area contributed by atoms with E-state index in [4.69, 9.17) is 16.3 Å². The summed E-state index contributed by atoms with van der Waals surface area (Å²) >= 11 is 6.41. The molecule has 7 rings (SSSR count). The molecular formula is C41H46ClN9O5. The van der Waals surface area contributed by atoms with E-state index in [9.17, 15) is 19.2 Å². The molecule has 3 aromatic carbocycles. The number of hydrogen-bond donors (Lipinski definition) is 4. The highest BCUT2D eigenvalue weighted by atomic mass is 35.5. The Morgan fingerprint density at radius 1 is 0.875 bits per heavy atom. The lowest BCUT2D eigenvalue weighted by Gasteiger charge is -2.38. The zero-order valence-electron chi connectivity index (χ0n) is 31.5. The normalized spacial score (nSPS) is 17.6. The Labute approximate surface area is 331 Å². The third kappa shape index (κ3) is 9.14. The molecule has 0 aliphatic carbocycles. The third-order valence-corrected chi connectivity index (χ3v) is 10.9. The van der Waals surface area contributed by atoms with Gasteiger partial charge in [0.2, 0.25) is 23.7 Å². The number of nitrogens with zero attached hydrogens (tertiary/aromatic N) is 5. The van der Waals surface area contributed by atoms with Crippen molar-refractivity contribution >= 4 is 75.3 Å². The predicted octanol–water partition coefficient (Wildman–Crippen LogP) is 6.00. The van der Waals surface area contributed by atoms with Gasteiger partial charge in [-0.25, -0.2) is 4.98 Å². The first kappa shape index (κ1) is 38.4. The highest BCUT2D eigenvalue weighted by Gasteiger charge is 2.28. The number of ketones is 1. The van der Waals surface area contributed by atoms with Crippen molar-refractivity contribution in [2.45, 2.75) is 45.1 Å². The number of halogens is 1. The van der Waals surface area contributed by atoms with Gasteiger partial charge in [0.05, 0.1) is 24.7 Å². The number of aromatic nitrogens is 2. The second-order valence-electron chi connectivity index (χ2n) is 14.3. The number of amides is 3. The molecule has 0 bridgehead atoms. The maximum atomic E-state index is 13.4. The zero-order valence-corrected chi connectivity index (χ0v) is 32.3. The summed E-state index contributed by atoms with van der Waals surface area (Å²) in [5.74, 6) is 1.25. The molecule has 1 atom stereocenters. The van der Waals surface area contributed by atoms with Gasteiger partial charge in [-0.2, -0.15) is 4.98 Å². The van der Waals surface area contributed by atoms with Gasteiger partial charge in [0, 0.05) is 80.8 Å². The highest BCUT2D eigenvalue weighted by molar-refractivity contribution is 6.33. The Morgan fingerprint density at radius 3 is 2.30 bits per heavy atom. The average molecular weight is 780 g/mol. The minimum Gasteiger partial charge on any atom is -0.494 e. The lowest BCUT2D eigenvalue weighted by Crippen LogP contribution is -2.49. The standard InChI is InChI=1S/C41H46ClN9O5/c1-26(52)31-5-3-4-6-33(31)45-39-32(42)25-43-41(48-39)46-34-12-11-30(24-36(34)56-2)50-19-21-51(22-20-50)38(54)23-27-15-17-49(18-16-27)29-9-7-28(8-10-29)44-35-13-14-37(53)47-40(35)55/h3-12,24-25,27,35,44H,13-23H2,1-2H3,(H,47,53,55)(H2,43,45,46,48). The largest absolute Gasteiger partial charge is 0.494 e. The van der Waals surface area contributed by atoms with Crippen LogP contribution in [0.2, 0.25) is 5.02 Å². The lowest BCUT2D eigenvalue weighted by atomic mass is 9.92. The van der Waals surface area contributed by atoms with Crippen LogP contribution < -0.4 is 35.8 Å². The maximum absolute atomic E-state index is 13.4. The van der Waals surface area contributed by atoms with Crippen molar-refractivity contribution in [3.05, 3.63) is 83.5 Å². The first-order chi connectivity index (χ1) is 27.1. The van der Waals surface area contributed by atoms with Crippen LogP contribution in [0.5, 0.6) is 5.75 Å². The fourth-order valence-electron chi connectivity index (χ4n) is 7.43. The molecular weight excluding hydrogens is 734 g/mol. The molecule has 15 heteroatoms. The van der Waals surface area contributed by atoms with Crippen molar-refractivity contribution in [3.8, 4) is 5.75 Å². The van der Waals surface area contributed by atoms with E-state index in [1.54, 1.807) is 25.3 Å². The van der Waals surface area contributed by atoms with Crippen LogP contribution in [0.25, 0.3) is 0 Å². The van der Waals surface area contributed by atoms with Crippen molar-refractivity contribution in [2.24, 2.45) is 5.92 Å². The summed E-state index contributed by atoms with van der Waals surface area (Å²) in [5.41, 5.74) is 4.76. The first-order valence-electron chi connectivity index (χ1n) is 19.0. The number of rotatable bonds is 12. The van der Waals surface area contributed by atoms with E-state index < -0.39 is 6.04 Å². The number of ether oxygens (including phenoxy) is 1. The van der Waals surface area contributed by atoms with Crippen molar-refractivity contribution in [1.29, 1.82) is 0 Å². The topological polar surface area (TPSA) is 161 Å². The van der Waals surface area contributed by atoms with Crippen LogP contribution in [0.3, 0.4) is 0 Å². The van der Waals surface area contributed by atoms with Crippen LogP contribution in [0.15, 0.2) is 72.9 Å². The van der Waals surface area contributed by atoms with Crippen molar-refractivity contribution in [3.63, 3.8) is 0 Å². The smallest absolute Gasteiger partial charge is 0.249 e. The third-order valence-electron chi connectivity index (χ3n) is 10.6. The van der Waals surface area contributed by atoms with Crippen molar-refractivity contribution in [2.75, 3.05) is 72.1 Å². The number of Topliss-reactive ketones (excluding diaryl/α,β-unsaturated/α-hetero) is 1. The average Bonchev–Trinajstić information content (AvgIpc) is 3.21. The molecule has 4 heterocycles. The number of anilines is 7. The Morgan fingerprint density at radius 2 is 1.59 bits per heavy atom. The molecule has 3 saturated heterocycles. The summed E-state index contributed by atoms with van der Waals surface area (Å²) in [4.78, 5) is 64.5. The zero-order chi connectivity index (χ0) is 39.2. The van der Waals surface area contributed by atoms with E-state index in [1.807, 2.05) is 41.3 Å².